The van der Waals surface area contributed by atoms with Crippen LogP contribution < -0.4 is 0 Å². The molecule has 0 radical (unpaired) electrons. The fourth-order valence-electron chi connectivity index (χ4n) is 1.75. The lowest BCUT2D eigenvalue weighted by Crippen LogP contribution is -2.00. The Morgan fingerprint density at radius 2 is 1.83 bits per heavy atom. The maximum absolute atomic E-state index is 11.1. The molecule has 3 heteroatoms. The summed E-state index contributed by atoms with van der Waals surface area (Å²) in [6.45, 7) is 2.13. The van der Waals surface area contributed by atoms with E-state index in [2.05, 4.69) is 6.92 Å². The molecule has 0 aliphatic carbocycles. The Morgan fingerprint density at radius 1 is 1.17 bits per heavy atom. The number of carboxylic acids is 1. The molecule has 1 rings (SSSR count). The minimum atomic E-state index is -0.862. The average molecular weight is 248 g/mol. The van der Waals surface area contributed by atoms with Crippen molar-refractivity contribution in [3.05, 3.63) is 35.4 Å². The number of aromatic hydroxyl groups is 1. The number of phenols is 1. The van der Waals surface area contributed by atoms with Crippen molar-refractivity contribution in [3.63, 3.8) is 0 Å². The second kappa shape index (κ2) is 7.54. The van der Waals surface area contributed by atoms with Crippen LogP contribution in [0.1, 0.15) is 44.6 Å². The first-order chi connectivity index (χ1) is 8.63. The van der Waals surface area contributed by atoms with Gasteiger partial charge in [0.05, 0.1) is 0 Å². The minimum absolute atomic E-state index is 0.187. The summed E-state index contributed by atoms with van der Waals surface area (Å²) in [5, 5.41) is 18.3. The largest absolute Gasteiger partial charge is 0.508 e. The number of benzene rings is 1. The third-order valence-electron chi connectivity index (χ3n) is 2.81. The average Bonchev–Trinajstić information content (AvgIpc) is 2.35. The van der Waals surface area contributed by atoms with Crippen LogP contribution in [0.25, 0.3) is 6.08 Å². The molecule has 0 heterocycles. The van der Waals surface area contributed by atoms with Gasteiger partial charge in [0.15, 0.2) is 0 Å². The van der Waals surface area contributed by atoms with Gasteiger partial charge in [-0.15, -0.1) is 0 Å². The SMILES string of the molecule is CCCCCCC(=Cc1ccc(O)cc1)C(=O)O. The Morgan fingerprint density at radius 3 is 2.39 bits per heavy atom. The van der Waals surface area contributed by atoms with Crippen LogP contribution in [-0.4, -0.2) is 16.2 Å². The molecule has 0 aliphatic rings. The Balaban J connectivity index is 2.66. The fourth-order valence-corrected chi connectivity index (χ4v) is 1.75. The van der Waals surface area contributed by atoms with E-state index in [4.69, 9.17) is 10.2 Å². The van der Waals surface area contributed by atoms with E-state index in [0.29, 0.717) is 12.0 Å². The Kier molecular flexibility index (Phi) is 5.98. The van der Waals surface area contributed by atoms with E-state index in [9.17, 15) is 4.79 Å². The molecule has 0 saturated heterocycles. The normalized spacial score (nSPS) is 11.5. The minimum Gasteiger partial charge on any atom is -0.508 e. The van der Waals surface area contributed by atoms with Gasteiger partial charge >= 0.3 is 5.97 Å². The predicted molar refractivity (Wildman–Crippen MR) is 72.5 cm³/mol. The summed E-state index contributed by atoms with van der Waals surface area (Å²) in [6, 6.07) is 6.54. The number of phenolic OH excluding ortho intramolecular Hbond substituents is 1. The molecule has 0 aliphatic heterocycles. The van der Waals surface area contributed by atoms with Gasteiger partial charge in [-0.3, -0.25) is 0 Å². The summed E-state index contributed by atoms with van der Waals surface area (Å²) in [5.41, 5.74) is 1.23. The van der Waals surface area contributed by atoms with E-state index >= 15 is 0 Å². The van der Waals surface area contributed by atoms with Crippen LogP contribution in [0.15, 0.2) is 29.8 Å². The van der Waals surface area contributed by atoms with E-state index in [1.165, 1.54) is 0 Å². The second-order valence-electron chi connectivity index (χ2n) is 4.38. The lowest BCUT2D eigenvalue weighted by molar-refractivity contribution is -0.132. The molecule has 1 aromatic rings. The molecule has 3 nitrogen and oxygen atoms in total. The number of aliphatic carboxylic acids is 1. The predicted octanol–water partition coefficient (Wildman–Crippen LogP) is 3.83. The fraction of sp³-hybridized carbons (Fsp3) is 0.400. The van der Waals surface area contributed by atoms with E-state index in [0.717, 1.165) is 31.2 Å². The molecule has 0 fully saturated rings. The molecule has 0 unspecified atom stereocenters. The summed E-state index contributed by atoms with van der Waals surface area (Å²) in [4.78, 5) is 11.1. The summed E-state index contributed by atoms with van der Waals surface area (Å²) in [6.07, 6.45) is 6.53. The Labute approximate surface area is 108 Å². The van der Waals surface area contributed by atoms with Crippen molar-refractivity contribution in [1.82, 2.24) is 0 Å². The zero-order valence-corrected chi connectivity index (χ0v) is 10.7. The number of carbonyl (C=O) groups is 1. The maximum Gasteiger partial charge on any atom is 0.331 e. The molecule has 1 aromatic carbocycles. The van der Waals surface area contributed by atoms with E-state index in [1.54, 1.807) is 30.3 Å². The highest BCUT2D eigenvalue weighted by Gasteiger charge is 2.06. The topological polar surface area (TPSA) is 57.5 Å². The summed E-state index contributed by atoms with van der Waals surface area (Å²) in [7, 11) is 0. The van der Waals surface area contributed by atoms with Crippen LogP contribution in [0.5, 0.6) is 5.75 Å². The molecule has 0 spiro atoms. The van der Waals surface area contributed by atoms with Crippen LogP contribution in [0.4, 0.5) is 0 Å². The third kappa shape index (κ3) is 5.04. The summed E-state index contributed by atoms with van der Waals surface area (Å²) in [5.74, 6) is -0.674. The maximum atomic E-state index is 11.1. The molecular formula is C15H20O3. The van der Waals surface area contributed by atoms with Crippen molar-refractivity contribution >= 4 is 12.0 Å². The van der Waals surface area contributed by atoms with Crippen LogP contribution in [0, 0.1) is 0 Å². The Bertz CT molecular complexity index is 404. The monoisotopic (exact) mass is 248 g/mol. The third-order valence-corrected chi connectivity index (χ3v) is 2.81. The summed E-state index contributed by atoms with van der Waals surface area (Å²) >= 11 is 0. The standard InChI is InChI=1S/C15H20O3/c1-2-3-4-5-6-13(15(17)18)11-12-7-9-14(16)10-8-12/h7-11,16H,2-6H2,1H3,(H,17,18). The van der Waals surface area contributed by atoms with E-state index < -0.39 is 5.97 Å². The van der Waals surface area contributed by atoms with Crippen molar-refractivity contribution < 1.29 is 15.0 Å². The van der Waals surface area contributed by atoms with E-state index in [-0.39, 0.29) is 5.75 Å². The lowest BCUT2D eigenvalue weighted by atomic mass is 10.0. The van der Waals surface area contributed by atoms with Gasteiger partial charge in [-0.2, -0.15) is 0 Å². The van der Waals surface area contributed by atoms with Gasteiger partial charge in [0.1, 0.15) is 5.75 Å². The van der Waals surface area contributed by atoms with Gasteiger partial charge < -0.3 is 10.2 Å². The van der Waals surface area contributed by atoms with Gasteiger partial charge in [0.2, 0.25) is 0 Å². The van der Waals surface area contributed by atoms with Crippen molar-refractivity contribution in [2.24, 2.45) is 0 Å². The quantitative estimate of drug-likeness (QED) is 0.569. The number of rotatable bonds is 7. The van der Waals surface area contributed by atoms with Crippen LogP contribution >= 0.6 is 0 Å². The van der Waals surface area contributed by atoms with E-state index in [1.807, 2.05) is 0 Å². The second-order valence-corrected chi connectivity index (χ2v) is 4.38. The van der Waals surface area contributed by atoms with Crippen molar-refractivity contribution in [2.75, 3.05) is 0 Å². The first-order valence-electron chi connectivity index (χ1n) is 6.36. The lowest BCUT2D eigenvalue weighted by Gasteiger charge is -2.03. The Hall–Kier alpha value is -1.77. The van der Waals surface area contributed by atoms with Crippen LogP contribution in [0.2, 0.25) is 0 Å². The van der Waals surface area contributed by atoms with Crippen LogP contribution in [-0.2, 0) is 4.79 Å². The van der Waals surface area contributed by atoms with Crippen molar-refractivity contribution in [2.45, 2.75) is 39.0 Å². The molecule has 0 saturated carbocycles. The molecule has 0 amide bonds. The zero-order valence-electron chi connectivity index (χ0n) is 10.7. The molecular weight excluding hydrogens is 228 g/mol. The molecule has 98 valence electrons. The molecule has 2 N–H and O–H groups in total. The number of unbranched alkanes of at least 4 members (excludes halogenated alkanes) is 3. The van der Waals surface area contributed by atoms with Gasteiger partial charge in [-0.25, -0.2) is 4.79 Å². The number of carboxylic acid groups (broad SMARTS) is 1. The van der Waals surface area contributed by atoms with Gasteiger partial charge in [-0.1, -0.05) is 38.3 Å². The highest BCUT2D eigenvalue weighted by Crippen LogP contribution is 2.16. The molecule has 0 aromatic heterocycles. The number of hydrogen-bond acceptors (Lipinski definition) is 2. The first kappa shape index (κ1) is 14.3. The van der Waals surface area contributed by atoms with Gasteiger partial charge in [0.25, 0.3) is 0 Å². The van der Waals surface area contributed by atoms with Gasteiger partial charge in [-0.05, 0) is 36.6 Å². The van der Waals surface area contributed by atoms with Gasteiger partial charge in [0, 0.05) is 5.57 Å². The van der Waals surface area contributed by atoms with Crippen molar-refractivity contribution in [3.8, 4) is 5.75 Å². The smallest absolute Gasteiger partial charge is 0.331 e. The summed E-state index contributed by atoms with van der Waals surface area (Å²) < 4.78 is 0. The highest BCUT2D eigenvalue weighted by molar-refractivity contribution is 5.92. The zero-order chi connectivity index (χ0) is 13.4. The van der Waals surface area contributed by atoms with Crippen molar-refractivity contribution in [1.29, 1.82) is 0 Å². The molecule has 0 bridgehead atoms. The first-order valence-corrected chi connectivity index (χ1v) is 6.36. The highest BCUT2D eigenvalue weighted by atomic mass is 16.4. The number of hydrogen-bond donors (Lipinski definition) is 2. The molecule has 0 atom stereocenters. The van der Waals surface area contributed by atoms with Crippen LogP contribution in [0.3, 0.4) is 0 Å². The molecule has 18 heavy (non-hydrogen) atoms.